The number of nitrogens with two attached hydrogens (primary N) is 1. The van der Waals surface area contributed by atoms with Crippen molar-refractivity contribution in [3.8, 4) is 0 Å². The van der Waals surface area contributed by atoms with Crippen LogP contribution < -0.4 is 11.1 Å². The first-order valence-electron chi connectivity index (χ1n) is 6.35. The van der Waals surface area contributed by atoms with Crippen LogP contribution >= 0.6 is 11.8 Å². The van der Waals surface area contributed by atoms with Crippen LogP contribution in [0.1, 0.15) is 32.6 Å². The Balaban J connectivity index is 1.86. The van der Waals surface area contributed by atoms with Crippen molar-refractivity contribution in [2.24, 2.45) is 5.73 Å². The maximum atomic E-state index is 5.95. The fourth-order valence-corrected chi connectivity index (χ4v) is 3.84. The van der Waals surface area contributed by atoms with Gasteiger partial charge in [0, 0.05) is 25.2 Å². The van der Waals surface area contributed by atoms with Gasteiger partial charge in [0.25, 0.3) is 0 Å². The van der Waals surface area contributed by atoms with Crippen molar-refractivity contribution < 1.29 is 4.74 Å². The molecule has 2 rings (SSSR count). The van der Waals surface area contributed by atoms with Crippen molar-refractivity contribution in [3.05, 3.63) is 0 Å². The minimum Gasteiger partial charge on any atom is -0.374 e. The monoisotopic (exact) mass is 244 g/mol. The summed E-state index contributed by atoms with van der Waals surface area (Å²) in [6.45, 7) is 4.84. The zero-order chi connectivity index (χ0) is 11.5. The molecule has 1 unspecified atom stereocenters. The highest BCUT2D eigenvalue weighted by molar-refractivity contribution is 7.99. The highest BCUT2D eigenvalue weighted by Gasteiger charge is 2.35. The third-order valence-electron chi connectivity index (χ3n) is 3.98. The van der Waals surface area contributed by atoms with Gasteiger partial charge in [0.15, 0.2) is 0 Å². The van der Waals surface area contributed by atoms with E-state index >= 15 is 0 Å². The molecule has 3 nitrogen and oxygen atoms in total. The van der Waals surface area contributed by atoms with Gasteiger partial charge >= 0.3 is 0 Å². The molecule has 2 heterocycles. The number of thioether (sulfide) groups is 1. The summed E-state index contributed by atoms with van der Waals surface area (Å²) in [5.41, 5.74) is 6.18. The van der Waals surface area contributed by atoms with Crippen molar-refractivity contribution in [2.75, 3.05) is 31.2 Å². The summed E-state index contributed by atoms with van der Waals surface area (Å²) in [5, 5.41) is 3.70. The Morgan fingerprint density at radius 3 is 2.62 bits per heavy atom. The molecule has 2 fully saturated rings. The topological polar surface area (TPSA) is 47.3 Å². The lowest BCUT2D eigenvalue weighted by atomic mass is 9.90. The van der Waals surface area contributed by atoms with Gasteiger partial charge in [-0.2, -0.15) is 11.8 Å². The lowest BCUT2D eigenvalue weighted by Crippen LogP contribution is -2.57. The molecule has 0 aromatic carbocycles. The van der Waals surface area contributed by atoms with Gasteiger partial charge in [-0.15, -0.1) is 0 Å². The Morgan fingerprint density at radius 2 is 2.06 bits per heavy atom. The van der Waals surface area contributed by atoms with Crippen LogP contribution in [0.15, 0.2) is 0 Å². The summed E-state index contributed by atoms with van der Waals surface area (Å²) < 4.78 is 5.81. The maximum absolute atomic E-state index is 5.95. The Labute approximate surface area is 103 Å². The number of rotatable bonds is 4. The minimum atomic E-state index is 0.0484. The van der Waals surface area contributed by atoms with E-state index < -0.39 is 0 Å². The maximum Gasteiger partial charge on any atom is 0.0779 e. The van der Waals surface area contributed by atoms with Crippen LogP contribution in [-0.4, -0.2) is 42.3 Å². The van der Waals surface area contributed by atoms with E-state index in [-0.39, 0.29) is 11.1 Å². The molecule has 16 heavy (non-hydrogen) atoms. The van der Waals surface area contributed by atoms with Crippen molar-refractivity contribution in [1.29, 1.82) is 0 Å². The van der Waals surface area contributed by atoms with Crippen molar-refractivity contribution in [3.63, 3.8) is 0 Å². The fraction of sp³-hybridized carbons (Fsp3) is 1.00. The van der Waals surface area contributed by atoms with E-state index in [9.17, 15) is 0 Å². The van der Waals surface area contributed by atoms with Crippen molar-refractivity contribution in [2.45, 2.75) is 43.7 Å². The summed E-state index contributed by atoms with van der Waals surface area (Å²) in [6.07, 6.45) is 4.77. The summed E-state index contributed by atoms with van der Waals surface area (Å²) in [6, 6.07) is 0. The number of nitrogens with one attached hydrogen (secondary N) is 1. The first-order chi connectivity index (χ1) is 7.68. The van der Waals surface area contributed by atoms with Crippen LogP contribution in [-0.2, 0) is 4.74 Å². The lowest BCUT2D eigenvalue weighted by molar-refractivity contribution is 0.0138. The normalized spacial score (nSPS) is 34.1. The standard InChI is InChI=1S/C12H24N2OS/c1-11(3-2-6-15-11)10-14-12(9-13)4-7-16-8-5-12/h14H,2-10,13H2,1H3. The van der Waals surface area contributed by atoms with Gasteiger partial charge < -0.3 is 15.8 Å². The van der Waals surface area contributed by atoms with Gasteiger partial charge in [-0.3, -0.25) is 0 Å². The highest BCUT2D eigenvalue weighted by Crippen LogP contribution is 2.29. The molecule has 1 atom stereocenters. The SMILES string of the molecule is CC1(CNC2(CN)CCSCC2)CCCO1. The van der Waals surface area contributed by atoms with Crippen LogP contribution in [0.5, 0.6) is 0 Å². The highest BCUT2D eigenvalue weighted by atomic mass is 32.2. The van der Waals surface area contributed by atoms with Crippen molar-refractivity contribution in [1.82, 2.24) is 5.32 Å². The predicted octanol–water partition coefficient (Wildman–Crippen LogP) is 1.37. The van der Waals surface area contributed by atoms with Crippen LogP contribution in [0.2, 0.25) is 0 Å². The number of hydrogen-bond donors (Lipinski definition) is 2. The molecule has 0 aromatic heterocycles. The van der Waals surface area contributed by atoms with E-state index in [2.05, 4.69) is 12.2 Å². The molecular weight excluding hydrogens is 220 g/mol. The third-order valence-corrected chi connectivity index (χ3v) is 4.96. The molecule has 2 saturated heterocycles. The molecule has 2 aliphatic rings. The average molecular weight is 244 g/mol. The molecule has 0 amide bonds. The van der Waals surface area contributed by atoms with Gasteiger partial charge in [-0.25, -0.2) is 0 Å². The second-order valence-electron chi connectivity index (χ2n) is 5.35. The van der Waals surface area contributed by atoms with E-state index in [4.69, 9.17) is 10.5 Å². The predicted molar refractivity (Wildman–Crippen MR) is 69.9 cm³/mol. The van der Waals surface area contributed by atoms with Crippen LogP contribution in [0.3, 0.4) is 0 Å². The quantitative estimate of drug-likeness (QED) is 0.784. The zero-order valence-electron chi connectivity index (χ0n) is 10.3. The van der Waals surface area contributed by atoms with Crippen LogP contribution in [0.4, 0.5) is 0 Å². The van der Waals surface area contributed by atoms with E-state index in [0.29, 0.717) is 0 Å². The smallest absolute Gasteiger partial charge is 0.0779 e. The van der Waals surface area contributed by atoms with Gasteiger partial charge in [-0.1, -0.05) is 0 Å². The minimum absolute atomic E-state index is 0.0484. The molecule has 0 bridgehead atoms. The second kappa shape index (κ2) is 5.25. The first kappa shape index (κ1) is 12.7. The van der Waals surface area contributed by atoms with Gasteiger partial charge in [0.05, 0.1) is 5.60 Å². The molecule has 3 N–H and O–H groups in total. The van der Waals surface area contributed by atoms with Crippen molar-refractivity contribution >= 4 is 11.8 Å². The van der Waals surface area contributed by atoms with Gasteiger partial charge in [-0.05, 0) is 44.1 Å². The Kier molecular flexibility index (Phi) is 4.16. The summed E-state index contributed by atoms with van der Waals surface area (Å²) in [5.74, 6) is 2.48. The summed E-state index contributed by atoms with van der Waals surface area (Å²) >= 11 is 2.04. The molecule has 2 aliphatic heterocycles. The van der Waals surface area contributed by atoms with Crippen LogP contribution in [0.25, 0.3) is 0 Å². The molecule has 0 spiro atoms. The van der Waals surface area contributed by atoms with E-state index in [1.807, 2.05) is 11.8 Å². The largest absolute Gasteiger partial charge is 0.374 e. The molecule has 0 radical (unpaired) electrons. The fourth-order valence-electron chi connectivity index (χ4n) is 2.57. The Morgan fingerprint density at radius 1 is 1.31 bits per heavy atom. The first-order valence-corrected chi connectivity index (χ1v) is 7.50. The van der Waals surface area contributed by atoms with E-state index in [0.717, 1.165) is 19.7 Å². The molecule has 0 aromatic rings. The van der Waals surface area contributed by atoms with E-state index in [1.54, 1.807) is 0 Å². The average Bonchev–Trinajstić information content (AvgIpc) is 2.76. The zero-order valence-corrected chi connectivity index (χ0v) is 11.1. The van der Waals surface area contributed by atoms with Gasteiger partial charge in [0.2, 0.25) is 0 Å². The molecule has 0 aliphatic carbocycles. The Bertz CT molecular complexity index is 223. The molecule has 94 valence electrons. The van der Waals surface area contributed by atoms with Crippen LogP contribution in [0, 0.1) is 0 Å². The third kappa shape index (κ3) is 2.92. The summed E-state index contributed by atoms with van der Waals surface area (Å²) in [4.78, 5) is 0. The number of ether oxygens (including phenoxy) is 1. The van der Waals surface area contributed by atoms with E-state index in [1.165, 1.54) is 37.2 Å². The number of hydrogen-bond acceptors (Lipinski definition) is 4. The second-order valence-corrected chi connectivity index (χ2v) is 6.58. The molecule has 0 saturated carbocycles. The van der Waals surface area contributed by atoms with Gasteiger partial charge in [0.1, 0.15) is 0 Å². The molecular formula is C12H24N2OS. The summed E-state index contributed by atoms with van der Waals surface area (Å²) in [7, 11) is 0. The lowest BCUT2D eigenvalue weighted by Gasteiger charge is -2.39. The Hall–Kier alpha value is 0.230. The molecule has 4 heteroatoms.